The Bertz CT molecular complexity index is 591. The first-order chi connectivity index (χ1) is 11.6. The Morgan fingerprint density at radius 3 is 1.37 bits per heavy atom. The van der Waals surface area contributed by atoms with Gasteiger partial charge in [-0.15, -0.1) is 0 Å². The molecule has 0 aromatic heterocycles. The van der Waals surface area contributed by atoms with Crippen LogP contribution in [0.4, 0.5) is 39.5 Å². The van der Waals surface area contributed by atoms with Crippen molar-refractivity contribution in [3.63, 3.8) is 0 Å². The number of quaternary nitrogens is 1. The maximum Gasteiger partial charge on any atom is 0.460 e. The molecule has 4 nitrogen and oxygen atoms in total. The fraction of sp³-hybridized carbons (Fsp3) is 1.00. The number of rotatable bonds is 4. The standard InChI is InChI=1S/C9H20N.C4HF9O3S/c1-10(2,3)9-7-5-4-6-8-9;5-1(6,3(9,10)11)2(7,8)4(12,13)17(14,15)16/h9H,4-8H2,1-3H3;(H,14,15,16)/q+1;/p-1. The third kappa shape index (κ3) is 5.62. The van der Waals surface area contributed by atoms with Crippen LogP contribution in [0.1, 0.15) is 32.1 Å². The van der Waals surface area contributed by atoms with Gasteiger partial charge in [-0.1, -0.05) is 6.42 Å². The normalized spacial score (nSPS) is 18.7. The average molecular weight is 441 g/mol. The van der Waals surface area contributed by atoms with Gasteiger partial charge in [0.2, 0.25) is 0 Å². The van der Waals surface area contributed by atoms with Gasteiger partial charge in [0, 0.05) is 0 Å². The van der Waals surface area contributed by atoms with E-state index in [0.29, 0.717) is 0 Å². The molecule has 0 bridgehead atoms. The molecule has 14 heteroatoms. The van der Waals surface area contributed by atoms with Gasteiger partial charge in [-0.3, -0.25) is 0 Å². The summed E-state index contributed by atoms with van der Waals surface area (Å²) < 4.78 is 137. The van der Waals surface area contributed by atoms with Crippen LogP contribution in [-0.4, -0.2) is 67.9 Å². The molecular weight excluding hydrogens is 421 g/mol. The second kappa shape index (κ2) is 7.93. The Morgan fingerprint density at radius 2 is 1.15 bits per heavy atom. The number of nitrogens with zero attached hydrogens (tertiary/aromatic N) is 1. The summed E-state index contributed by atoms with van der Waals surface area (Å²) in [5.41, 5.74) is 0. The largest absolute Gasteiger partial charge is 0.743 e. The number of alkyl halides is 9. The van der Waals surface area contributed by atoms with Gasteiger partial charge in [-0.05, 0) is 25.7 Å². The van der Waals surface area contributed by atoms with Gasteiger partial charge in [0.25, 0.3) is 0 Å². The zero-order valence-corrected chi connectivity index (χ0v) is 15.4. The minimum absolute atomic E-state index is 0.939. The number of hydrogen-bond donors (Lipinski definition) is 0. The van der Waals surface area contributed by atoms with E-state index in [1.165, 1.54) is 36.6 Å². The highest BCUT2D eigenvalue weighted by molar-refractivity contribution is 7.86. The van der Waals surface area contributed by atoms with Gasteiger partial charge in [0.1, 0.15) is 0 Å². The Kier molecular flexibility index (Phi) is 7.71. The van der Waals surface area contributed by atoms with Crippen molar-refractivity contribution in [3.05, 3.63) is 0 Å². The molecule has 0 saturated heterocycles. The summed E-state index contributed by atoms with van der Waals surface area (Å²) in [5, 5.41) is -7.11. The third-order valence-electron chi connectivity index (χ3n) is 4.10. The highest BCUT2D eigenvalue weighted by Gasteiger charge is 2.83. The molecule has 1 saturated carbocycles. The van der Waals surface area contributed by atoms with E-state index in [1.54, 1.807) is 0 Å². The molecule has 0 N–H and O–H groups in total. The van der Waals surface area contributed by atoms with Crippen LogP contribution in [0.15, 0.2) is 0 Å². The van der Waals surface area contributed by atoms with Gasteiger partial charge in [0.15, 0.2) is 10.1 Å². The predicted octanol–water partition coefficient (Wildman–Crippen LogP) is 3.98. The molecule has 164 valence electrons. The van der Waals surface area contributed by atoms with Gasteiger partial charge < -0.3 is 9.04 Å². The fourth-order valence-electron chi connectivity index (χ4n) is 2.37. The van der Waals surface area contributed by atoms with Crippen molar-refractivity contribution in [2.45, 2.75) is 61.4 Å². The van der Waals surface area contributed by atoms with Crippen molar-refractivity contribution in [1.29, 1.82) is 0 Å². The lowest BCUT2D eigenvalue weighted by atomic mass is 9.94. The first-order valence-electron chi connectivity index (χ1n) is 7.57. The predicted molar refractivity (Wildman–Crippen MR) is 75.5 cm³/mol. The van der Waals surface area contributed by atoms with Crippen LogP contribution >= 0.6 is 0 Å². The van der Waals surface area contributed by atoms with Gasteiger partial charge >= 0.3 is 23.3 Å². The summed E-state index contributed by atoms with van der Waals surface area (Å²) >= 11 is 0. The van der Waals surface area contributed by atoms with Crippen molar-refractivity contribution in [2.24, 2.45) is 0 Å². The molecule has 27 heavy (non-hydrogen) atoms. The van der Waals surface area contributed by atoms with E-state index in [-0.39, 0.29) is 0 Å². The second-order valence-corrected chi connectivity index (χ2v) is 8.45. The molecule has 1 aliphatic rings. The average Bonchev–Trinajstić information content (AvgIpc) is 2.45. The quantitative estimate of drug-likeness (QED) is 0.377. The van der Waals surface area contributed by atoms with E-state index in [0.717, 1.165) is 6.04 Å². The molecule has 0 radical (unpaired) electrons. The van der Waals surface area contributed by atoms with E-state index in [2.05, 4.69) is 21.1 Å². The highest BCUT2D eigenvalue weighted by Crippen LogP contribution is 2.54. The highest BCUT2D eigenvalue weighted by atomic mass is 32.2. The minimum atomic E-state index is -7.43. The Hall–Kier alpha value is -0.760. The summed E-state index contributed by atoms with van der Waals surface area (Å²) in [5.74, 6) is -14.8. The SMILES string of the molecule is C[N+](C)(C)C1CCCCC1.O=S(=O)([O-])C(F)(F)C(F)(F)C(F)(F)C(F)(F)F. The smallest absolute Gasteiger partial charge is 0.460 e. The summed E-state index contributed by atoms with van der Waals surface area (Å²) in [6.07, 6.45) is 0.120. The maximum atomic E-state index is 12.2. The van der Waals surface area contributed by atoms with Crippen molar-refractivity contribution < 1.29 is 57.0 Å². The van der Waals surface area contributed by atoms with Crippen LogP contribution in [0.2, 0.25) is 0 Å². The van der Waals surface area contributed by atoms with Crippen LogP contribution in [-0.2, 0) is 10.1 Å². The van der Waals surface area contributed by atoms with Crippen LogP contribution in [0, 0.1) is 0 Å². The molecule has 0 spiro atoms. The van der Waals surface area contributed by atoms with Gasteiger partial charge in [-0.2, -0.15) is 39.5 Å². The van der Waals surface area contributed by atoms with Crippen molar-refractivity contribution >= 4 is 10.1 Å². The van der Waals surface area contributed by atoms with Crippen LogP contribution in [0.3, 0.4) is 0 Å². The second-order valence-electron chi connectivity index (χ2n) is 7.03. The molecular formula is C13H20F9NO3S. The van der Waals surface area contributed by atoms with E-state index in [1.807, 2.05) is 0 Å². The van der Waals surface area contributed by atoms with Gasteiger partial charge in [-0.25, -0.2) is 8.42 Å². The van der Waals surface area contributed by atoms with Crippen molar-refractivity contribution in [3.8, 4) is 0 Å². The Labute approximate surface area is 150 Å². The molecule has 1 fully saturated rings. The molecule has 0 unspecified atom stereocenters. The third-order valence-corrected chi connectivity index (χ3v) is 4.98. The molecule has 0 aromatic carbocycles. The summed E-state index contributed by atoms with van der Waals surface area (Å²) in [7, 11) is -0.470. The topological polar surface area (TPSA) is 57.2 Å². The van der Waals surface area contributed by atoms with E-state index in [9.17, 15) is 52.5 Å². The summed E-state index contributed by atoms with van der Waals surface area (Å²) in [6, 6.07) is 0.939. The lowest BCUT2D eigenvalue weighted by Crippen LogP contribution is -2.63. The Balaban J connectivity index is 0.000000569. The number of hydrogen-bond acceptors (Lipinski definition) is 3. The summed E-state index contributed by atoms with van der Waals surface area (Å²) in [6.45, 7) is 0. The number of halogens is 9. The monoisotopic (exact) mass is 441 g/mol. The van der Waals surface area contributed by atoms with Crippen molar-refractivity contribution in [2.75, 3.05) is 21.1 Å². The molecule has 0 heterocycles. The first-order valence-corrected chi connectivity index (χ1v) is 8.98. The lowest BCUT2D eigenvalue weighted by Gasteiger charge is -2.36. The maximum absolute atomic E-state index is 12.2. The van der Waals surface area contributed by atoms with Gasteiger partial charge in [0.05, 0.1) is 27.2 Å². The lowest BCUT2D eigenvalue weighted by molar-refractivity contribution is -0.897. The van der Waals surface area contributed by atoms with E-state index < -0.39 is 33.4 Å². The minimum Gasteiger partial charge on any atom is -0.743 e. The zero-order chi connectivity index (χ0) is 22.1. The van der Waals surface area contributed by atoms with Crippen LogP contribution in [0.25, 0.3) is 0 Å². The molecule has 0 aromatic rings. The van der Waals surface area contributed by atoms with E-state index in [4.69, 9.17) is 0 Å². The fourth-order valence-corrected chi connectivity index (χ4v) is 2.82. The Morgan fingerprint density at radius 1 is 0.778 bits per heavy atom. The molecule has 1 aliphatic carbocycles. The van der Waals surface area contributed by atoms with Crippen LogP contribution < -0.4 is 0 Å². The van der Waals surface area contributed by atoms with Crippen molar-refractivity contribution in [1.82, 2.24) is 0 Å². The van der Waals surface area contributed by atoms with Crippen LogP contribution in [0.5, 0.6) is 0 Å². The molecule has 0 atom stereocenters. The summed E-state index contributed by atoms with van der Waals surface area (Å²) in [4.78, 5) is 0. The van der Waals surface area contributed by atoms with E-state index >= 15 is 0 Å². The molecule has 0 aliphatic heterocycles. The zero-order valence-electron chi connectivity index (χ0n) is 14.6. The first kappa shape index (κ1) is 26.2. The molecule has 0 amide bonds. The molecule has 1 rings (SSSR count).